The van der Waals surface area contributed by atoms with Gasteiger partial charge >= 0.3 is 5.97 Å². The molecule has 1 heterocycles. The number of pyridine rings is 1. The summed E-state index contributed by atoms with van der Waals surface area (Å²) in [5.41, 5.74) is 4.54. The molecule has 0 aliphatic rings. The van der Waals surface area contributed by atoms with Crippen molar-refractivity contribution in [3.05, 3.63) is 23.4 Å². The molecule has 0 aliphatic carbocycles. The van der Waals surface area contributed by atoms with Gasteiger partial charge in [-0.25, -0.2) is 18.6 Å². The molecule has 0 fully saturated rings. The van der Waals surface area contributed by atoms with Crippen LogP contribution in [0.25, 0.3) is 0 Å². The van der Waals surface area contributed by atoms with Crippen LogP contribution in [0.1, 0.15) is 29.3 Å². The summed E-state index contributed by atoms with van der Waals surface area (Å²) < 4.78 is 29.6. The van der Waals surface area contributed by atoms with Crippen LogP contribution in [0.15, 0.2) is 12.3 Å². The number of carbonyl (C=O) groups is 1. The van der Waals surface area contributed by atoms with Gasteiger partial charge in [-0.1, -0.05) is 0 Å². The average Bonchev–Trinajstić information content (AvgIpc) is 2.17. The number of aromatic nitrogens is 1. The van der Waals surface area contributed by atoms with Gasteiger partial charge in [0, 0.05) is 11.8 Å². The Morgan fingerprint density at radius 1 is 1.67 bits per heavy atom. The maximum Gasteiger partial charge on any atom is 0.342 e. The highest BCUT2D eigenvalue weighted by molar-refractivity contribution is 5.95. The number of rotatable bonds is 3. The normalized spacial score (nSPS) is 10.4. The zero-order valence-corrected chi connectivity index (χ0v) is 8.04. The van der Waals surface area contributed by atoms with Crippen molar-refractivity contribution in [2.75, 3.05) is 12.3 Å². The van der Waals surface area contributed by atoms with E-state index >= 15 is 0 Å². The van der Waals surface area contributed by atoms with Crippen molar-refractivity contribution >= 4 is 11.8 Å². The largest absolute Gasteiger partial charge is 0.462 e. The summed E-state index contributed by atoms with van der Waals surface area (Å²) in [6.07, 6.45) is -1.66. The van der Waals surface area contributed by atoms with E-state index in [9.17, 15) is 13.6 Å². The fourth-order valence-electron chi connectivity index (χ4n) is 1.10. The van der Waals surface area contributed by atoms with E-state index in [4.69, 9.17) is 5.73 Å². The van der Waals surface area contributed by atoms with E-state index in [2.05, 4.69) is 9.72 Å². The number of nitrogens with zero attached hydrogens (tertiary/aromatic N) is 1. The minimum atomic E-state index is -2.78. The van der Waals surface area contributed by atoms with Crippen molar-refractivity contribution in [3.63, 3.8) is 0 Å². The van der Waals surface area contributed by atoms with Crippen LogP contribution in [0.4, 0.5) is 14.6 Å². The molecule has 0 amide bonds. The maximum absolute atomic E-state index is 12.5. The molecule has 0 saturated carbocycles. The van der Waals surface area contributed by atoms with Crippen LogP contribution in [-0.2, 0) is 4.74 Å². The Balaban J connectivity index is 3.18. The first-order chi connectivity index (χ1) is 7.07. The van der Waals surface area contributed by atoms with Gasteiger partial charge in [0.15, 0.2) is 0 Å². The molecule has 1 aromatic heterocycles. The molecule has 1 aromatic rings. The number of nitrogens with two attached hydrogens (primary N) is 1. The number of halogens is 2. The fourth-order valence-corrected chi connectivity index (χ4v) is 1.10. The first-order valence-electron chi connectivity index (χ1n) is 4.27. The Morgan fingerprint density at radius 2 is 2.33 bits per heavy atom. The monoisotopic (exact) mass is 216 g/mol. The number of carbonyl (C=O) groups excluding carboxylic acids is 1. The molecule has 0 bridgehead atoms. The van der Waals surface area contributed by atoms with E-state index in [0.29, 0.717) is 0 Å². The highest BCUT2D eigenvalue weighted by Gasteiger charge is 2.22. The summed E-state index contributed by atoms with van der Waals surface area (Å²) >= 11 is 0. The number of alkyl halides is 2. The Kier molecular flexibility index (Phi) is 3.54. The molecule has 0 unspecified atom stereocenters. The summed E-state index contributed by atoms with van der Waals surface area (Å²) in [6, 6.07) is 1.05. The van der Waals surface area contributed by atoms with E-state index in [1.165, 1.54) is 0 Å². The number of hydrogen-bond donors (Lipinski definition) is 1. The van der Waals surface area contributed by atoms with Crippen molar-refractivity contribution in [2.24, 2.45) is 0 Å². The summed E-state index contributed by atoms with van der Waals surface area (Å²) in [7, 11) is 0. The summed E-state index contributed by atoms with van der Waals surface area (Å²) in [5, 5.41) is 0. The number of hydrogen-bond acceptors (Lipinski definition) is 4. The zero-order chi connectivity index (χ0) is 11.4. The molecule has 6 heteroatoms. The lowest BCUT2D eigenvalue weighted by Crippen LogP contribution is -2.12. The van der Waals surface area contributed by atoms with E-state index in [1.807, 2.05) is 0 Å². The highest BCUT2D eigenvalue weighted by atomic mass is 19.3. The lowest BCUT2D eigenvalue weighted by molar-refractivity contribution is 0.0516. The third-order valence-corrected chi connectivity index (χ3v) is 1.73. The fraction of sp³-hybridized carbons (Fsp3) is 0.333. The summed E-state index contributed by atoms with van der Waals surface area (Å²) in [6.45, 7) is 1.67. The molecular weight excluding hydrogens is 206 g/mol. The van der Waals surface area contributed by atoms with Crippen LogP contribution in [0, 0.1) is 0 Å². The predicted octanol–water partition coefficient (Wildman–Crippen LogP) is 1.78. The SMILES string of the molecule is CCOC(=O)c1c(C(F)F)ccnc1N. The molecule has 82 valence electrons. The van der Waals surface area contributed by atoms with Gasteiger partial charge in [-0.05, 0) is 13.0 Å². The van der Waals surface area contributed by atoms with E-state index in [0.717, 1.165) is 12.3 Å². The first-order valence-corrected chi connectivity index (χ1v) is 4.27. The molecule has 0 spiro atoms. The van der Waals surface area contributed by atoms with Gasteiger partial charge in [-0.2, -0.15) is 0 Å². The van der Waals surface area contributed by atoms with E-state index in [-0.39, 0.29) is 18.0 Å². The first kappa shape index (κ1) is 11.4. The molecular formula is C9H10F2N2O2. The quantitative estimate of drug-likeness (QED) is 0.782. The van der Waals surface area contributed by atoms with Crippen molar-refractivity contribution in [1.29, 1.82) is 0 Å². The van der Waals surface area contributed by atoms with Gasteiger partial charge < -0.3 is 10.5 Å². The van der Waals surface area contributed by atoms with Gasteiger partial charge in [0.25, 0.3) is 6.43 Å². The predicted molar refractivity (Wildman–Crippen MR) is 49.6 cm³/mol. The second-order valence-electron chi connectivity index (χ2n) is 2.68. The molecule has 2 N–H and O–H groups in total. The molecule has 4 nitrogen and oxygen atoms in total. The molecule has 0 saturated heterocycles. The Bertz CT molecular complexity index is 369. The number of nitrogen functional groups attached to an aromatic ring is 1. The minimum Gasteiger partial charge on any atom is -0.462 e. The number of anilines is 1. The molecule has 15 heavy (non-hydrogen) atoms. The van der Waals surface area contributed by atoms with Crippen molar-refractivity contribution in [2.45, 2.75) is 13.3 Å². The lowest BCUT2D eigenvalue weighted by Gasteiger charge is -2.09. The van der Waals surface area contributed by atoms with Gasteiger partial charge in [-0.3, -0.25) is 0 Å². The van der Waals surface area contributed by atoms with Crippen LogP contribution < -0.4 is 5.73 Å². The van der Waals surface area contributed by atoms with Crippen LogP contribution in [0.3, 0.4) is 0 Å². The minimum absolute atomic E-state index is 0.0931. The van der Waals surface area contributed by atoms with E-state index in [1.54, 1.807) is 6.92 Å². The van der Waals surface area contributed by atoms with Crippen LogP contribution in [-0.4, -0.2) is 17.6 Å². The van der Waals surface area contributed by atoms with Crippen LogP contribution in [0.2, 0.25) is 0 Å². The average molecular weight is 216 g/mol. The summed E-state index contributed by atoms with van der Waals surface area (Å²) in [5.74, 6) is -1.12. The van der Waals surface area contributed by atoms with Gasteiger partial charge in [0.05, 0.1) is 6.61 Å². The molecule has 0 aliphatic heterocycles. The zero-order valence-electron chi connectivity index (χ0n) is 8.04. The topological polar surface area (TPSA) is 65.2 Å². The highest BCUT2D eigenvalue weighted by Crippen LogP contribution is 2.25. The van der Waals surface area contributed by atoms with Crippen LogP contribution in [0.5, 0.6) is 0 Å². The Labute approximate surface area is 85.1 Å². The van der Waals surface area contributed by atoms with Gasteiger partial charge in [0.2, 0.25) is 0 Å². The molecule has 0 atom stereocenters. The lowest BCUT2D eigenvalue weighted by atomic mass is 10.1. The maximum atomic E-state index is 12.5. The van der Waals surface area contributed by atoms with Crippen molar-refractivity contribution < 1.29 is 18.3 Å². The van der Waals surface area contributed by atoms with Gasteiger partial charge in [0.1, 0.15) is 11.4 Å². The van der Waals surface area contributed by atoms with Crippen LogP contribution >= 0.6 is 0 Å². The number of esters is 1. The molecule has 0 radical (unpaired) electrons. The Morgan fingerprint density at radius 3 is 2.87 bits per heavy atom. The number of ether oxygens (including phenoxy) is 1. The standard InChI is InChI=1S/C9H10F2N2O2/c1-2-15-9(14)6-5(7(10)11)3-4-13-8(6)12/h3-4,7H,2H2,1H3,(H2,12,13). The van der Waals surface area contributed by atoms with Crippen molar-refractivity contribution in [3.8, 4) is 0 Å². The summed E-state index contributed by atoms with van der Waals surface area (Å²) in [4.78, 5) is 14.9. The second kappa shape index (κ2) is 4.68. The molecule has 1 rings (SSSR count). The van der Waals surface area contributed by atoms with Crippen molar-refractivity contribution in [1.82, 2.24) is 4.98 Å². The molecule has 0 aromatic carbocycles. The Hall–Kier alpha value is -1.72. The third kappa shape index (κ3) is 2.39. The smallest absolute Gasteiger partial charge is 0.342 e. The third-order valence-electron chi connectivity index (χ3n) is 1.73. The van der Waals surface area contributed by atoms with Gasteiger partial charge in [-0.15, -0.1) is 0 Å². The van der Waals surface area contributed by atoms with E-state index < -0.39 is 18.0 Å². The second-order valence-corrected chi connectivity index (χ2v) is 2.68.